The van der Waals surface area contributed by atoms with Crippen molar-refractivity contribution in [3.05, 3.63) is 87.5 Å². The summed E-state index contributed by atoms with van der Waals surface area (Å²) < 4.78 is 44.6. The third kappa shape index (κ3) is 5.12. The van der Waals surface area contributed by atoms with Crippen LogP contribution in [-0.4, -0.2) is 17.3 Å². The minimum Gasteiger partial charge on any atom is -0.457 e. The number of halogens is 4. The van der Waals surface area contributed by atoms with Gasteiger partial charge in [0.15, 0.2) is 5.17 Å². The second-order valence-electron chi connectivity index (χ2n) is 6.52. The summed E-state index contributed by atoms with van der Waals surface area (Å²) >= 11 is 7.12. The summed E-state index contributed by atoms with van der Waals surface area (Å²) in [6.45, 7) is 0. The van der Waals surface area contributed by atoms with Crippen LogP contribution >= 0.6 is 23.4 Å². The van der Waals surface area contributed by atoms with Gasteiger partial charge in [-0.3, -0.25) is 10.1 Å². The quantitative estimate of drug-likeness (QED) is 0.277. The van der Waals surface area contributed by atoms with Crippen LogP contribution in [0, 0.1) is 0 Å². The van der Waals surface area contributed by atoms with E-state index in [4.69, 9.17) is 16.0 Å². The number of thioether (sulfide) groups is 1. The van der Waals surface area contributed by atoms with Crippen molar-refractivity contribution >= 4 is 46.7 Å². The maximum atomic E-state index is 13.0. The molecule has 2 aromatic carbocycles. The molecule has 1 saturated heterocycles. The van der Waals surface area contributed by atoms with Crippen molar-refractivity contribution in [3.8, 4) is 11.3 Å². The Morgan fingerprint density at radius 1 is 1.06 bits per heavy atom. The van der Waals surface area contributed by atoms with Gasteiger partial charge in [0.25, 0.3) is 5.91 Å². The van der Waals surface area contributed by atoms with E-state index in [1.807, 2.05) is 30.3 Å². The topological polar surface area (TPSA) is 67.0 Å². The molecule has 2 heterocycles. The van der Waals surface area contributed by atoms with Crippen LogP contribution in [0.5, 0.6) is 0 Å². The van der Waals surface area contributed by atoms with Gasteiger partial charge in [0.2, 0.25) is 0 Å². The first-order valence-electron chi connectivity index (χ1n) is 9.13. The number of nitrogens with one attached hydrogen (secondary N) is 1. The Balaban J connectivity index is 1.52. The minimum absolute atomic E-state index is 0.104. The smallest absolute Gasteiger partial charge is 0.416 e. The number of carbonyl (C=O) groups is 1. The highest BCUT2D eigenvalue weighted by Crippen LogP contribution is 2.37. The van der Waals surface area contributed by atoms with Crippen LogP contribution in [0.1, 0.15) is 16.9 Å². The Kier molecular flexibility index (Phi) is 6.20. The number of furan rings is 1. The molecule has 0 spiro atoms. The lowest BCUT2D eigenvalue weighted by Gasteiger charge is -2.09. The van der Waals surface area contributed by atoms with Crippen molar-refractivity contribution in [2.45, 2.75) is 6.18 Å². The lowest BCUT2D eigenvalue weighted by Crippen LogP contribution is -2.19. The molecule has 4 rings (SSSR count). The van der Waals surface area contributed by atoms with Crippen LogP contribution in [0.25, 0.3) is 17.4 Å². The first-order chi connectivity index (χ1) is 15.3. The van der Waals surface area contributed by atoms with E-state index < -0.39 is 17.6 Å². The summed E-state index contributed by atoms with van der Waals surface area (Å²) in [5.41, 5.74) is 0.126. The van der Waals surface area contributed by atoms with Gasteiger partial charge in [-0.05, 0) is 47.7 Å². The van der Waals surface area contributed by atoms with E-state index in [0.29, 0.717) is 10.1 Å². The van der Waals surface area contributed by atoms with E-state index >= 15 is 0 Å². The van der Waals surface area contributed by atoms with E-state index in [1.54, 1.807) is 6.21 Å². The SMILES string of the molecule is O=C1N/C(=N\N=Cc2ccccc2)SC1=Cc1ccc(-c2cc(C(F)(F)F)ccc2Cl)o1. The third-order valence-electron chi connectivity index (χ3n) is 4.27. The molecule has 0 unspecified atom stereocenters. The lowest BCUT2D eigenvalue weighted by atomic mass is 10.1. The molecule has 10 heteroatoms. The maximum Gasteiger partial charge on any atom is 0.416 e. The molecule has 0 radical (unpaired) electrons. The summed E-state index contributed by atoms with van der Waals surface area (Å²) in [5.74, 6) is 0.0385. The summed E-state index contributed by atoms with van der Waals surface area (Å²) in [6, 6.07) is 15.4. The Morgan fingerprint density at radius 2 is 1.84 bits per heavy atom. The van der Waals surface area contributed by atoms with Gasteiger partial charge in [0.05, 0.1) is 21.7 Å². The summed E-state index contributed by atoms with van der Waals surface area (Å²) in [4.78, 5) is 12.5. The van der Waals surface area contributed by atoms with Crippen LogP contribution in [0.15, 0.2) is 80.2 Å². The first-order valence-corrected chi connectivity index (χ1v) is 10.3. The van der Waals surface area contributed by atoms with Gasteiger partial charge in [0.1, 0.15) is 11.5 Å². The van der Waals surface area contributed by atoms with Gasteiger partial charge in [-0.15, -0.1) is 5.10 Å². The average Bonchev–Trinajstić information content (AvgIpc) is 3.35. The molecule has 3 aromatic rings. The van der Waals surface area contributed by atoms with Gasteiger partial charge >= 0.3 is 6.18 Å². The normalized spacial score (nSPS) is 16.9. The van der Waals surface area contributed by atoms with E-state index in [-0.39, 0.29) is 22.1 Å². The lowest BCUT2D eigenvalue weighted by molar-refractivity contribution is -0.137. The molecule has 0 saturated carbocycles. The fourth-order valence-corrected chi connectivity index (χ4v) is 3.73. The number of hydrogen-bond donors (Lipinski definition) is 1. The fraction of sp³-hybridized carbons (Fsp3) is 0.0455. The molecule has 162 valence electrons. The first kappa shape index (κ1) is 21.9. The Morgan fingerprint density at radius 3 is 2.59 bits per heavy atom. The van der Waals surface area contributed by atoms with E-state index in [9.17, 15) is 18.0 Å². The minimum atomic E-state index is -4.51. The van der Waals surface area contributed by atoms with Crippen molar-refractivity contribution in [1.29, 1.82) is 0 Å². The van der Waals surface area contributed by atoms with E-state index in [2.05, 4.69) is 15.5 Å². The molecule has 1 aliphatic heterocycles. The third-order valence-corrected chi connectivity index (χ3v) is 5.49. The molecule has 32 heavy (non-hydrogen) atoms. The standard InChI is InChI=1S/C22H13ClF3N3O2S/c23-17-8-6-14(22(24,25)26)10-16(17)18-9-7-15(31-18)11-19-20(30)28-21(32-19)29-27-12-13-4-2-1-3-5-13/h1-12H,(H,28,29,30). The molecule has 1 fully saturated rings. The molecule has 0 atom stereocenters. The van der Waals surface area contributed by atoms with Gasteiger partial charge in [-0.25, -0.2) is 0 Å². The van der Waals surface area contributed by atoms with Gasteiger partial charge < -0.3 is 4.42 Å². The van der Waals surface area contributed by atoms with E-state index in [1.165, 1.54) is 24.3 Å². The number of nitrogens with zero attached hydrogens (tertiary/aromatic N) is 2. The number of amidine groups is 1. The number of amides is 1. The molecule has 5 nitrogen and oxygen atoms in total. The van der Waals surface area contributed by atoms with Crippen molar-refractivity contribution in [2.75, 3.05) is 0 Å². The number of rotatable bonds is 4. The van der Waals surface area contributed by atoms with Crippen molar-refractivity contribution in [1.82, 2.24) is 5.32 Å². The van der Waals surface area contributed by atoms with E-state index in [0.717, 1.165) is 29.5 Å². The zero-order valence-corrected chi connectivity index (χ0v) is 17.6. The van der Waals surface area contributed by atoms with Crippen LogP contribution in [0.2, 0.25) is 5.02 Å². The Hall–Kier alpha value is -3.30. The summed E-state index contributed by atoms with van der Waals surface area (Å²) in [5, 5.41) is 10.9. The molecule has 1 aliphatic rings. The van der Waals surface area contributed by atoms with Gasteiger partial charge in [-0.2, -0.15) is 18.3 Å². The zero-order chi connectivity index (χ0) is 22.7. The molecule has 1 N–H and O–H groups in total. The number of alkyl halides is 3. The maximum absolute atomic E-state index is 13.0. The number of benzene rings is 2. The van der Waals surface area contributed by atoms with Crippen molar-refractivity contribution < 1.29 is 22.4 Å². The molecule has 1 aromatic heterocycles. The fourth-order valence-electron chi connectivity index (χ4n) is 2.76. The second-order valence-corrected chi connectivity index (χ2v) is 7.96. The Labute approximate surface area is 189 Å². The molecule has 0 aliphatic carbocycles. The monoisotopic (exact) mass is 475 g/mol. The average molecular weight is 476 g/mol. The number of carbonyl (C=O) groups excluding carboxylic acids is 1. The predicted octanol–water partition coefficient (Wildman–Crippen LogP) is 6.21. The van der Waals surface area contributed by atoms with Crippen LogP contribution < -0.4 is 5.32 Å². The predicted molar refractivity (Wildman–Crippen MR) is 119 cm³/mol. The van der Waals surface area contributed by atoms with Crippen LogP contribution in [0.4, 0.5) is 13.2 Å². The molecule has 1 amide bonds. The van der Waals surface area contributed by atoms with Gasteiger partial charge in [0, 0.05) is 11.6 Å². The van der Waals surface area contributed by atoms with Crippen molar-refractivity contribution in [2.24, 2.45) is 10.2 Å². The largest absolute Gasteiger partial charge is 0.457 e. The molecule has 0 bridgehead atoms. The molecular weight excluding hydrogens is 463 g/mol. The number of hydrogen-bond acceptors (Lipinski definition) is 5. The highest BCUT2D eigenvalue weighted by atomic mass is 35.5. The summed E-state index contributed by atoms with van der Waals surface area (Å²) in [7, 11) is 0. The zero-order valence-electron chi connectivity index (χ0n) is 16.1. The summed E-state index contributed by atoms with van der Waals surface area (Å²) in [6.07, 6.45) is -1.48. The van der Waals surface area contributed by atoms with Crippen LogP contribution in [-0.2, 0) is 11.0 Å². The van der Waals surface area contributed by atoms with Crippen LogP contribution in [0.3, 0.4) is 0 Å². The highest BCUT2D eigenvalue weighted by Gasteiger charge is 2.31. The molecular formula is C22H13ClF3N3O2S. The van der Waals surface area contributed by atoms with Gasteiger partial charge in [-0.1, -0.05) is 41.9 Å². The van der Waals surface area contributed by atoms with Crippen molar-refractivity contribution in [3.63, 3.8) is 0 Å². The second kappa shape index (κ2) is 9.05. The Bertz CT molecular complexity index is 1250. The highest BCUT2D eigenvalue weighted by molar-refractivity contribution is 8.18.